The highest BCUT2D eigenvalue weighted by Crippen LogP contribution is 2.25. The van der Waals surface area contributed by atoms with Crippen molar-refractivity contribution in [1.29, 1.82) is 0 Å². The first-order valence-corrected chi connectivity index (χ1v) is 4.62. The van der Waals surface area contributed by atoms with Crippen LogP contribution in [0.1, 0.15) is 5.56 Å². The lowest BCUT2D eigenvalue weighted by atomic mass is 10.2. The topological polar surface area (TPSA) is 35.2 Å². The fourth-order valence-corrected chi connectivity index (χ4v) is 1.50. The van der Waals surface area contributed by atoms with E-state index in [2.05, 4.69) is 15.9 Å². The highest BCUT2D eigenvalue weighted by molar-refractivity contribution is 9.10. The molecule has 0 aliphatic rings. The minimum Gasteiger partial charge on any atom is -0.491 e. The molecule has 0 saturated heterocycles. The smallest absolute Gasteiger partial charge is 0.133 e. The van der Waals surface area contributed by atoms with Crippen LogP contribution in [-0.4, -0.2) is 13.2 Å². The zero-order valence-corrected chi connectivity index (χ0v) is 8.60. The highest BCUT2D eigenvalue weighted by atomic mass is 79.9. The quantitative estimate of drug-likeness (QED) is 0.862. The van der Waals surface area contributed by atoms with Crippen molar-refractivity contribution in [1.82, 2.24) is 0 Å². The molecule has 0 heterocycles. The van der Waals surface area contributed by atoms with E-state index in [1.165, 1.54) is 5.56 Å². The third-order valence-electron chi connectivity index (χ3n) is 1.46. The highest BCUT2D eigenvalue weighted by Gasteiger charge is 1.99. The van der Waals surface area contributed by atoms with Gasteiger partial charge in [-0.25, -0.2) is 0 Å². The van der Waals surface area contributed by atoms with E-state index in [9.17, 15) is 0 Å². The van der Waals surface area contributed by atoms with Crippen molar-refractivity contribution >= 4 is 15.9 Å². The summed E-state index contributed by atoms with van der Waals surface area (Å²) >= 11 is 3.41. The summed E-state index contributed by atoms with van der Waals surface area (Å²) in [7, 11) is 0. The van der Waals surface area contributed by atoms with E-state index < -0.39 is 0 Å². The Morgan fingerprint density at radius 2 is 2.25 bits per heavy atom. The molecule has 2 N–H and O–H groups in total. The maximum Gasteiger partial charge on any atom is 0.133 e. The maximum absolute atomic E-state index is 5.37. The van der Waals surface area contributed by atoms with E-state index in [0.717, 1.165) is 10.2 Å². The van der Waals surface area contributed by atoms with Crippen molar-refractivity contribution in [3.63, 3.8) is 0 Å². The molecule has 1 aromatic carbocycles. The molecule has 0 aliphatic carbocycles. The first-order chi connectivity index (χ1) is 5.74. The normalized spacial score (nSPS) is 9.92. The van der Waals surface area contributed by atoms with Crippen molar-refractivity contribution in [3.05, 3.63) is 28.2 Å². The Labute approximate surface area is 80.8 Å². The molecule has 0 amide bonds. The van der Waals surface area contributed by atoms with Crippen molar-refractivity contribution in [3.8, 4) is 5.75 Å². The number of ether oxygens (including phenoxy) is 1. The van der Waals surface area contributed by atoms with Gasteiger partial charge < -0.3 is 10.5 Å². The van der Waals surface area contributed by atoms with Crippen LogP contribution in [0.25, 0.3) is 0 Å². The van der Waals surface area contributed by atoms with Gasteiger partial charge in [0.15, 0.2) is 0 Å². The summed E-state index contributed by atoms with van der Waals surface area (Å²) in [6, 6.07) is 5.97. The fraction of sp³-hybridized carbons (Fsp3) is 0.333. The Kier molecular flexibility index (Phi) is 3.56. The summed E-state index contributed by atoms with van der Waals surface area (Å²) < 4.78 is 6.35. The van der Waals surface area contributed by atoms with Crippen molar-refractivity contribution < 1.29 is 4.74 Å². The van der Waals surface area contributed by atoms with Crippen LogP contribution >= 0.6 is 15.9 Å². The molecule has 0 atom stereocenters. The van der Waals surface area contributed by atoms with Crippen LogP contribution in [0.2, 0.25) is 0 Å². The summed E-state index contributed by atoms with van der Waals surface area (Å²) in [5.41, 5.74) is 6.53. The number of rotatable bonds is 3. The summed E-state index contributed by atoms with van der Waals surface area (Å²) in [5.74, 6) is 0.853. The van der Waals surface area contributed by atoms with E-state index in [-0.39, 0.29) is 0 Å². The van der Waals surface area contributed by atoms with E-state index in [0.29, 0.717) is 13.2 Å². The Bertz CT molecular complexity index is 263. The van der Waals surface area contributed by atoms with Crippen LogP contribution in [0.4, 0.5) is 0 Å². The number of hydrogen-bond donors (Lipinski definition) is 1. The van der Waals surface area contributed by atoms with Gasteiger partial charge in [-0.05, 0) is 40.5 Å². The predicted molar refractivity (Wildman–Crippen MR) is 53.4 cm³/mol. The van der Waals surface area contributed by atoms with Crippen molar-refractivity contribution in [2.45, 2.75) is 6.92 Å². The maximum atomic E-state index is 5.37. The number of halogens is 1. The lowest BCUT2D eigenvalue weighted by molar-refractivity contribution is 0.326. The van der Waals surface area contributed by atoms with Gasteiger partial charge in [0.25, 0.3) is 0 Å². The first kappa shape index (κ1) is 9.55. The van der Waals surface area contributed by atoms with Crippen LogP contribution in [0, 0.1) is 6.92 Å². The minimum atomic E-state index is 0.542. The number of nitrogens with two attached hydrogens (primary N) is 1. The third kappa shape index (κ3) is 2.50. The SMILES string of the molecule is Cc1ccc(OCCN)c(Br)c1. The number of aryl methyl sites for hydroxylation is 1. The van der Waals surface area contributed by atoms with Crippen LogP contribution < -0.4 is 10.5 Å². The molecule has 0 bridgehead atoms. The summed E-state index contributed by atoms with van der Waals surface area (Å²) in [6.07, 6.45) is 0. The molecule has 0 radical (unpaired) electrons. The summed E-state index contributed by atoms with van der Waals surface area (Å²) in [5, 5.41) is 0. The Morgan fingerprint density at radius 1 is 1.50 bits per heavy atom. The van der Waals surface area contributed by atoms with E-state index in [1.54, 1.807) is 0 Å². The largest absolute Gasteiger partial charge is 0.491 e. The molecule has 0 aliphatic heterocycles. The monoisotopic (exact) mass is 229 g/mol. The average Bonchev–Trinajstić information content (AvgIpc) is 2.03. The Balaban J connectivity index is 2.72. The van der Waals surface area contributed by atoms with Gasteiger partial charge in [0, 0.05) is 6.54 Å². The minimum absolute atomic E-state index is 0.542. The first-order valence-electron chi connectivity index (χ1n) is 3.83. The molecular weight excluding hydrogens is 218 g/mol. The second kappa shape index (κ2) is 4.48. The molecule has 0 saturated carbocycles. The molecule has 0 spiro atoms. The lowest BCUT2D eigenvalue weighted by Gasteiger charge is -2.06. The third-order valence-corrected chi connectivity index (χ3v) is 2.08. The fourth-order valence-electron chi connectivity index (χ4n) is 0.892. The molecule has 0 aromatic heterocycles. The zero-order valence-electron chi connectivity index (χ0n) is 7.01. The molecule has 66 valence electrons. The van der Waals surface area contributed by atoms with Crippen LogP contribution in [0.3, 0.4) is 0 Å². The van der Waals surface area contributed by atoms with Crippen LogP contribution in [0.5, 0.6) is 5.75 Å². The van der Waals surface area contributed by atoms with Crippen LogP contribution in [-0.2, 0) is 0 Å². The van der Waals surface area contributed by atoms with E-state index >= 15 is 0 Å². The predicted octanol–water partition coefficient (Wildman–Crippen LogP) is 2.10. The van der Waals surface area contributed by atoms with Gasteiger partial charge in [0.05, 0.1) is 4.47 Å². The molecule has 12 heavy (non-hydrogen) atoms. The average molecular weight is 230 g/mol. The molecular formula is C9H12BrNO. The van der Waals surface area contributed by atoms with Gasteiger partial charge in [0.1, 0.15) is 12.4 Å². The second-order valence-corrected chi connectivity index (χ2v) is 3.43. The second-order valence-electron chi connectivity index (χ2n) is 2.57. The molecule has 3 heteroatoms. The molecule has 1 aromatic rings. The zero-order chi connectivity index (χ0) is 8.97. The van der Waals surface area contributed by atoms with Crippen molar-refractivity contribution in [2.75, 3.05) is 13.2 Å². The number of benzene rings is 1. The van der Waals surface area contributed by atoms with Gasteiger partial charge >= 0.3 is 0 Å². The summed E-state index contributed by atoms with van der Waals surface area (Å²) in [6.45, 7) is 3.14. The van der Waals surface area contributed by atoms with E-state index in [1.807, 2.05) is 25.1 Å². The standard InChI is InChI=1S/C9H12BrNO/c1-7-2-3-9(8(10)6-7)12-5-4-11/h2-3,6H,4-5,11H2,1H3. The Morgan fingerprint density at radius 3 is 2.83 bits per heavy atom. The van der Waals surface area contributed by atoms with Gasteiger partial charge in [-0.15, -0.1) is 0 Å². The molecule has 1 rings (SSSR count). The number of hydrogen-bond acceptors (Lipinski definition) is 2. The Hall–Kier alpha value is -0.540. The van der Waals surface area contributed by atoms with Gasteiger partial charge in [0.2, 0.25) is 0 Å². The van der Waals surface area contributed by atoms with Gasteiger partial charge in [-0.3, -0.25) is 0 Å². The molecule has 0 fully saturated rings. The van der Waals surface area contributed by atoms with E-state index in [4.69, 9.17) is 10.5 Å². The van der Waals surface area contributed by atoms with Crippen LogP contribution in [0.15, 0.2) is 22.7 Å². The molecule has 0 unspecified atom stereocenters. The molecule has 2 nitrogen and oxygen atoms in total. The lowest BCUT2D eigenvalue weighted by Crippen LogP contribution is -2.10. The van der Waals surface area contributed by atoms with Gasteiger partial charge in [-0.2, -0.15) is 0 Å². The summed E-state index contributed by atoms with van der Waals surface area (Å²) in [4.78, 5) is 0. The van der Waals surface area contributed by atoms with Gasteiger partial charge in [-0.1, -0.05) is 6.07 Å². The van der Waals surface area contributed by atoms with Crippen molar-refractivity contribution in [2.24, 2.45) is 5.73 Å².